The van der Waals surface area contributed by atoms with E-state index in [2.05, 4.69) is 10.6 Å². The van der Waals surface area contributed by atoms with Gasteiger partial charge in [0.05, 0.1) is 23.2 Å². The Morgan fingerprint density at radius 3 is 2.19 bits per heavy atom. The number of nitrogens with zero attached hydrogens (tertiary/aromatic N) is 1. The van der Waals surface area contributed by atoms with Crippen LogP contribution in [-0.4, -0.2) is 38.6 Å². The first-order chi connectivity index (χ1) is 14.6. The van der Waals surface area contributed by atoms with Gasteiger partial charge in [-0.25, -0.2) is 12.8 Å². The van der Waals surface area contributed by atoms with Crippen molar-refractivity contribution in [1.29, 1.82) is 0 Å². The van der Waals surface area contributed by atoms with Gasteiger partial charge in [-0.15, -0.1) is 0 Å². The van der Waals surface area contributed by atoms with Crippen LogP contribution in [0.3, 0.4) is 0 Å². The molecule has 0 aliphatic carbocycles. The van der Waals surface area contributed by atoms with Crippen molar-refractivity contribution >= 4 is 33.2 Å². The van der Waals surface area contributed by atoms with E-state index in [0.29, 0.717) is 0 Å². The summed E-state index contributed by atoms with van der Waals surface area (Å²) in [6.07, 6.45) is 1.90. The second kappa shape index (κ2) is 10.4. The molecule has 0 saturated carbocycles. The van der Waals surface area contributed by atoms with Crippen molar-refractivity contribution in [2.75, 3.05) is 15.9 Å². The maximum Gasteiger partial charge on any atom is 0.253 e. The molecule has 0 aliphatic rings. The number of nitrogens with one attached hydrogen (secondary N) is 2. The van der Waals surface area contributed by atoms with Gasteiger partial charge in [-0.05, 0) is 56.2 Å². The van der Waals surface area contributed by atoms with E-state index in [4.69, 9.17) is 0 Å². The van der Waals surface area contributed by atoms with Gasteiger partial charge in [-0.1, -0.05) is 26.0 Å². The second-order valence-corrected chi connectivity index (χ2v) is 9.14. The molecule has 2 aromatic carbocycles. The molecule has 7 nitrogen and oxygen atoms in total. The summed E-state index contributed by atoms with van der Waals surface area (Å²) in [7, 11) is -3.85. The number of anilines is 2. The van der Waals surface area contributed by atoms with Crippen molar-refractivity contribution < 1.29 is 22.4 Å². The monoisotopic (exact) mass is 449 g/mol. The van der Waals surface area contributed by atoms with E-state index in [1.807, 2.05) is 13.8 Å². The lowest BCUT2D eigenvalue weighted by Gasteiger charge is -2.30. The Hall–Kier alpha value is -2.94. The first kappa shape index (κ1) is 24.3. The topological polar surface area (TPSA) is 95.6 Å². The van der Waals surface area contributed by atoms with Gasteiger partial charge in [0.15, 0.2) is 0 Å². The number of carbonyl (C=O) groups excluding carboxylic acids is 2. The number of halogens is 1. The molecule has 2 aromatic rings. The first-order valence-corrected chi connectivity index (χ1v) is 11.9. The molecule has 2 rings (SSSR count). The maximum absolute atomic E-state index is 13.3. The molecule has 168 valence electrons. The van der Waals surface area contributed by atoms with Crippen molar-refractivity contribution in [3.05, 3.63) is 59.9 Å². The minimum atomic E-state index is -3.85. The fourth-order valence-electron chi connectivity index (χ4n) is 3.06. The van der Waals surface area contributed by atoms with Crippen molar-refractivity contribution in [2.24, 2.45) is 0 Å². The highest BCUT2D eigenvalue weighted by Crippen LogP contribution is 2.24. The van der Waals surface area contributed by atoms with E-state index in [9.17, 15) is 22.4 Å². The standard InChI is InChI=1S/C22H28FN3O4S/c1-5-15(3)24-21(27)18-9-7-8-10-19(18)25-22(28)20(6-2)26(31(4,29)30)17-13-11-16(23)12-14-17/h7-15,20H,5-6H2,1-4H3,(H,24,27)(H,25,28)/t15-,20-/m1/s1. The Bertz CT molecular complexity index is 1030. The average molecular weight is 450 g/mol. The van der Waals surface area contributed by atoms with Crippen LogP contribution >= 0.6 is 0 Å². The predicted molar refractivity (Wildman–Crippen MR) is 120 cm³/mol. The molecule has 0 saturated heterocycles. The number of benzene rings is 2. The molecule has 0 radical (unpaired) electrons. The molecular formula is C22H28FN3O4S. The number of hydrogen-bond donors (Lipinski definition) is 2. The normalized spacial score (nSPS) is 13.2. The fraction of sp³-hybridized carbons (Fsp3) is 0.364. The minimum Gasteiger partial charge on any atom is -0.350 e. The summed E-state index contributed by atoms with van der Waals surface area (Å²) < 4.78 is 39.3. The Labute approximate surface area is 182 Å². The van der Waals surface area contributed by atoms with Gasteiger partial charge in [-0.3, -0.25) is 13.9 Å². The number of rotatable bonds is 9. The third-order valence-corrected chi connectivity index (χ3v) is 6.01. The van der Waals surface area contributed by atoms with Crippen LogP contribution in [0.25, 0.3) is 0 Å². The predicted octanol–water partition coefficient (Wildman–Crippen LogP) is 3.54. The summed E-state index contributed by atoms with van der Waals surface area (Å²) in [6.45, 7) is 5.49. The van der Waals surface area contributed by atoms with E-state index in [-0.39, 0.29) is 35.3 Å². The van der Waals surface area contributed by atoms with Crippen molar-refractivity contribution in [3.8, 4) is 0 Å². The zero-order valence-electron chi connectivity index (χ0n) is 18.1. The van der Waals surface area contributed by atoms with E-state index in [1.165, 1.54) is 12.1 Å². The SMILES string of the molecule is CC[C@@H](C)NC(=O)c1ccccc1NC(=O)[C@@H](CC)N(c1ccc(F)cc1)S(C)(=O)=O. The van der Waals surface area contributed by atoms with E-state index in [0.717, 1.165) is 29.1 Å². The maximum atomic E-state index is 13.3. The van der Waals surface area contributed by atoms with Crippen LogP contribution in [0.1, 0.15) is 44.0 Å². The molecule has 31 heavy (non-hydrogen) atoms. The smallest absolute Gasteiger partial charge is 0.253 e. The van der Waals surface area contributed by atoms with Crippen LogP contribution in [0.4, 0.5) is 15.8 Å². The molecule has 0 bridgehead atoms. The Morgan fingerprint density at radius 2 is 1.65 bits per heavy atom. The summed E-state index contributed by atoms with van der Waals surface area (Å²) in [6, 6.07) is 10.3. The molecule has 0 aromatic heterocycles. The average Bonchev–Trinajstić information content (AvgIpc) is 2.72. The molecule has 9 heteroatoms. The van der Waals surface area contributed by atoms with E-state index >= 15 is 0 Å². The van der Waals surface area contributed by atoms with Crippen LogP contribution in [0.15, 0.2) is 48.5 Å². The van der Waals surface area contributed by atoms with Crippen LogP contribution < -0.4 is 14.9 Å². The molecular weight excluding hydrogens is 421 g/mol. The van der Waals surface area contributed by atoms with E-state index < -0.39 is 27.8 Å². The lowest BCUT2D eigenvalue weighted by molar-refractivity contribution is -0.117. The largest absolute Gasteiger partial charge is 0.350 e. The molecule has 2 amide bonds. The molecule has 0 fully saturated rings. The number of amides is 2. The Kier molecular flexibility index (Phi) is 8.15. The minimum absolute atomic E-state index is 0.0427. The number of para-hydroxylation sites is 1. The molecule has 0 unspecified atom stereocenters. The van der Waals surface area contributed by atoms with E-state index in [1.54, 1.807) is 31.2 Å². The van der Waals surface area contributed by atoms with Crippen LogP contribution in [-0.2, 0) is 14.8 Å². The highest BCUT2D eigenvalue weighted by Gasteiger charge is 2.32. The summed E-state index contributed by atoms with van der Waals surface area (Å²) in [5, 5.41) is 5.54. The number of hydrogen-bond acceptors (Lipinski definition) is 4. The third-order valence-electron chi connectivity index (χ3n) is 4.83. The lowest BCUT2D eigenvalue weighted by atomic mass is 10.1. The Morgan fingerprint density at radius 1 is 1.03 bits per heavy atom. The second-order valence-electron chi connectivity index (χ2n) is 7.28. The molecule has 2 N–H and O–H groups in total. The van der Waals surface area contributed by atoms with Gasteiger partial charge in [0.2, 0.25) is 15.9 Å². The molecule has 0 aliphatic heterocycles. The highest BCUT2D eigenvalue weighted by molar-refractivity contribution is 7.92. The van der Waals surface area contributed by atoms with Gasteiger partial charge in [-0.2, -0.15) is 0 Å². The van der Waals surface area contributed by atoms with Crippen molar-refractivity contribution in [3.63, 3.8) is 0 Å². The molecule has 0 spiro atoms. The molecule has 0 heterocycles. The van der Waals surface area contributed by atoms with Gasteiger partial charge in [0.1, 0.15) is 11.9 Å². The Balaban J connectivity index is 2.36. The number of sulfonamides is 1. The third kappa shape index (κ3) is 6.27. The van der Waals surface area contributed by atoms with Crippen molar-refractivity contribution in [2.45, 2.75) is 45.7 Å². The summed E-state index contributed by atoms with van der Waals surface area (Å²) >= 11 is 0. The highest BCUT2D eigenvalue weighted by atomic mass is 32.2. The van der Waals surface area contributed by atoms with Gasteiger partial charge in [0.25, 0.3) is 5.91 Å². The fourth-order valence-corrected chi connectivity index (χ4v) is 4.27. The van der Waals surface area contributed by atoms with Crippen LogP contribution in [0, 0.1) is 5.82 Å². The first-order valence-electron chi connectivity index (χ1n) is 10.0. The zero-order chi connectivity index (χ0) is 23.2. The number of carbonyl (C=O) groups is 2. The van der Waals surface area contributed by atoms with Crippen LogP contribution in [0.5, 0.6) is 0 Å². The summed E-state index contributed by atoms with van der Waals surface area (Å²) in [5.41, 5.74) is 0.728. The summed E-state index contributed by atoms with van der Waals surface area (Å²) in [5.74, 6) is -1.45. The lowest BCUT2D eigenvalue weighted by Crippen LogP contribution is -2.47. The van der Waals surface area contributed by atoms with Crippen LogP contribution in [0.2, 0.25) is 0 Å². The quantitative estimate of drug-likeness (QED) is 0.612. The van der Waals surface area contributed by atoms with Gasteiger partial charge >= 0.3 is 0 Å². The van der Waals surface area contributed by atoms with Gasteiger partial charge in [0, 0.05) is 6.04 Å². The summed E-state index contributed by atoms with van der Waals surface area (Å²) in [4.78, 5) is 25.7. The molecule has 2 atom stereocenters. The zero-order valence-corrected chi connectivity index (χ0v) is 18.9. The van der Waals surface area contributed by atoms with Gasteiger partial charge < -0.3 is 10.6 Å². The van der Waals surface area contributed by atoms with Crippen molar-refractivity contribution in [1.82, 2.24) is 5.32 Å².